The van der Waals surface area contributed by atoms with E-state index in [1.54, 1.807) is 30.3 Å². The molecule has 0 spiro atoms. The highest BCUT2D eigenvalue weighted by atomic mass is 79.9. The number of hydrogen-bond acceptors (Lipinski definition) is 3. The van der Waals surface area contributed by atoms with Crippen LogP contribution >= 0.6 is 39.1 Å². The van der Waals surface area contributed by atoms with Crippen molar-refractivity contribution in [3.8, 4) is 5.75 Å². The molecule has 8 heteroatoms. The van der Waals surface area contributed by atoms with Crippen LogP contribution in [0.3, 0.4) is 0 Å². The quantitative estimate of drug-likeness (QED) is 0.466. The maximum atomic E-state index is 13.2. The first kappa shape index (κ1) is 25.5. The number of carbonyl (C=O) groups excluding carboxylic acids is 2. The van der Waals surface area contributed by atoms with Gasteiger partial charge in [-0.2, -0.15) is 0 Å². The van der Waals surface area contributed by atoms with Gasteiger partial charge in [-0.15, -0.1) is 0 Å². The smallest absolute Gasteiger partial charge is 0.261 e. The van der Waals surface area contributed by atoms with Crippen molar-refractivity contribution in [3.63, 3.8) is 0 Å². The molecule has 0 unspecified atom stereocenters. The summed E-state index contributed by atoms with van der Waals surface area (Å²) in [5.74, 6) is -0.124. The number of benzene rings is 2. The fourth-order valence-electron chi connectivity index (χ4n) is 2.97. The molecule has 1 atom stereocenters. The standard InChI is InChI=1S/C23H27BrCl2N2O3/c1-5-19(22(30)27-23(2,3)4)28(13-15-6-9-17(25)10-7-15)21(29)14-31-20-11-8-16(24)12-18(20)26/h6-12,19H,5,13-14H2,1-4H3,(H,27,30)/t19-/m1/s1. The summed E-state index contributed by atoms with van der Waals surface area (Å²) >= 11 is 15.5. The average Bonchev–Trinajstić information content (AvgIpc) is 2.67. The Balaban J connectivity index is 2.24. The van der Waals surface area contributed by atoms with Crippen LogP contribution in [0.25, 0.3) is 0 Å². The highest BCUT2D eigenvalue weighted by Crippen LogP contribution is 2.28. The Hall–Kier alpha value is -1.76. The summed E-state index contributed by atoms with van der Waals surface area (Å²) in [6, 6.07) is 11.7. The van der Waals surface area contributed by atoms with Crippen LogP contribution < -0.4 is 10.1 Å². The highest BCUT2D eigenvalue weighted by molar-refractivity contribution is 9.10. The predicted octanol–water partition coefficient (Wildman–Crippen LogP) is 5.86. The van der Waals surface area contributed by atoms with E-state index in [0.29, 0.717) is 22.2 Å². The summed E-state index contributed by atoms with van der Waals surface area (Å²) in [6.45, 7) is 7.60. The van der Waals surface area contributed by atoms with Crippen LogP contribution in [0, 0.1) is 0 Å². The summed E-state index contributed by atoms with van der Waals surface area (Å²) in [7, 11) is 0. The van der Waals surface area contributed by atoms with E-state index >= 15 is 0 Å². The van der Waals surface area contributed by atoms with Crippen molar-refractivity contribution in [1.82, 2.24) is 10.2 Å². The van der Waals surface area contributed by atoms with Gasteiger partial charge in [-0.25, -0.2) is 0 Å². The highest BCUT2D eigenvalue weighted by Gasteiger charge is 2.31. The second-order valence-electron chi connectivity index (χ2n) is 8.17. The van der Waals surface area contributed by atoms with Gasteiger partial charge in [-0.3, -0.25) is 9.59 Å². The van der Waals surface area contributed by atoms with Crippen molar-refractivity contribution in [2.24, 2.45) is 0 Å². The van der Waals surface area contributed by atoms with Crippen molar-refractivity contribution < 1.29 is 14.3 Å². The van der Waals surface area contributed by atoms with E-state index in [1.165, 1.54) is 4.90 Å². The molecule has 0 aliphatic carbocycles. The van der Waals surface area contributed by atoms with Gasteiger partial charge in [0.25, 0.3) is 5.91 Å². The molecule has 0 aliphatic rings. The van der Waals surface area contributed by atoms with Gasteiger partial charge in [0, 0.05) is 21.6 Å². The molecule has 0 saturated carbocycles. The van der Waals surface area contributed by atoms with Crippen LogP contribution in [0.4, 0.5) is 0 Å². The third-order valence-electron chi connectivity index (χ3n) is 4.40. The number of carbonyl (C=O) groups is 2. The minimum Gasteiger partial charge on any atom is -0.482 e. The molecule has 0 fully saturated rings. The summed E-state index contributed by atoms with van der Waals surface area (Å²) < 4.78 is 6.48. The monoisotopic (exact) mass is 528 g/mol. The second kappa shape index (κ2) is 11.2. The largest absolute Gasteiger partial charge is 0.482 e. The molecule has 1 N–H and O–H groups in total. The van der Waals surface area contributed by atoms with Crippen LogP contribution in [0.2, 0.25) is 10.0 Å². The number of nitrogens with one attached hydrogen (secondary N) is 1. The molecule has 0 radical (unpaired) electrons. The number of nitrogens with zero attached hydrogens (tertiary/aromatic N) is 1. The number of rotatable bonds is 8. The maximum absolute atomic E-state index is 13.2. The van der Waals surface area contributed by atoms with Gasteiger partial charge in [-0.1, -0.05) is 58.2 Å². The fraction of sp³-hybridized carbons (Fsp3) is 0.391. The molecule has 31 heavy (non-hydrogen) atoms. The number of hydrogen-bond donors (Lipinski definition) is 1. The van der Waals surface area contributed by atoms with E-state index in [9.17, 15) is 9.59 Å². The van der Waals surface area contributed by atoms with Crippen molar-refractivity contribution in [2.45, 2.75) is 52.2 Å². The first-order chi connectivity index (χ1) is 14.5. The zero-order valence-electron chi connectivity index (χ0n) is 18.0. The molecule has 5 nitrogen and oxygen atoms in total. The van der Waals surface area contributed by atoms with Gasteiger partial charge in [0.05, 0.1) is 5.02 Å². The Morgan fingerprint density at radius 2 is 1.77 bits per heavy atom. The SMILES string of the molecule is CC[C@H](C(=O)NC(C)(C)C)N(Cc1ccc(Cl)cc1)C(=O)COc1ccc(Br)cc1Cl. The van der Waals surface area contributed by atoms with Gasteiger partial charge in [0.1, 0.15) is 11.8 Å². The summed E-state index contributed by atoms with van der Waals surface area (Å²) in [4.78, 5) is 27.7. The Labute approximate surface area is 202 Å². The van der Waals surface area contributed by atoms with Gasteiger partial charge < -0.3 is 15.0 Å². The Morgan fingerprint density at radius 3 is 2.32 bits per heavy atom. The zero-order chi connectivity index (χ0) is 23.2. The lowest BCUT2D eigenvalue weighted by atomic mass is 10.1. The number of amides is 2. The lowest BCUT2D eigenvalue weighted by Gasteiger charge is -2.33. The van der Waals surface area contributed by atoms with E-state index in [1.807, 2.05) is 39.8 Å². The number of ether oxygens (including phenoxy) is 1. The molecule has 0 bridgehead atoms. The van der Waals surface area contributed by atoms with Gasteiger partial charge in [-0.05, 0) is 63.1 Å². The molecule has 0 aliphatic heterocycles. The minimum atomic E-state index is -0.647. The average molecular weight is 530 g/mol. The lowest BCUT2D eigenvalue weighted by molar-refractivity contribution is -0.143. The molecule has 2 amide bonds. The van der Waals surface area contributed by atoms with E-state index in [0.717, 1.165) is 10.0 Å². The van der Waals surface area contributed by atoms with E-state index in [4.69, 9.17) is 27.9 Å². The predicted molar refractivity (Wildman–Crippen MR) is 129 cm³/mol. The summed E-state index contributed by atoms with van der Waals surface area (Å²) in [6.07, 6.45) is 0.459. The summed E-state index contributed by atoms with van der Waals surface area (Å²) in [5.41, 5.74) is 0.447. The molecule has 0 saturated heterocycles. The van der Waals surface area contributed by atoms with Crippen LogP contribution in [0.15, 0.2) is 46.9 Å². The minimum absolute atomic E-state index is 0.209. The molecule has 0 heterocycles. The van der Waals surface area contributed by atoms with Crippen molar-refractivity contribution in [3.05, 3.63) is 62.5 Å². The fourth-order valence-corrected chi connectivity index (χ4v) is 3.83. The molecule has 0 aromatic heterocycles. The zero-order valence-corrected chi connectivity index (χ0v) is 21.1. The van der Waals surface area contributed by atoms with E-state index < -0.39 is 11.6 Å². The molecule has 168 valence electrons. The second-order valence-corrected chi connectivity index (χ2v) is 9.93. The van der Waals surface area contributed by atoms with E-state index in [-0.39, 0.29) is 25.0 Å². The third kappa shape index (κ3) is 8.02. The molecular formula is C23H27BrCl2N2O3. The molecule has 2 aromatic carbocycles. The van der Waals surface area contributed by atoms with Crippen LogP contribution in [0.1, 0.15) is 39.7 Å². The molecule has 2 aromatic rings. The topological polar surface area (TPSA) is 58.6 Å². The van der Waals surface area contributed by atoms with Gasteiger partial charge >= 0.3 is 0 Å². The van der Waals surface area contributed by atoms with Crippen molar-refractivity contribution in [2.75, 3.05) is 6.61 Å². The van der Waals surface area contributed by atoms with Gasteiger partial charge in [0.2, 0.25) is 5.91 Å². The Morgan fingerprint density at radius 1 is 1.13 bits per heavy atom. The van der Waals surface area contributed by atoms with Crippen LogP contribution in [0.5, 0.6) is 5.75 Å². The van der Waals surface area contributed by atoms with Crippen molar-refractivity contribution in [1.29, 1.82) is 0 Å². The maximum Gasteiger partial charge on any atom is 0.261 e. The van der Waals surface area contributed by atoms with E-state index in [2.05, 4.69) is 21.2 Å². The Bertz CT molecular complexity index is 914. The third-order valence-corrected chi connectivity index (χ3v) is 5.44. The first-order valence-electron chi connectivity index (χ1n) is 9.94. The normalized spacial score (nSPS) is 12.2. The van der Waals surface area contributed by atoms with Crippen LogP contribution in [-0.2, 0) is 16.1 Å². The lowest BCUT2D eigenvalue weighted by Crippen LogP contribution is -2.54. The Kier molecular flexibility index (Phi) is 9.22. The van der Waals surface area contributed by atoms with Crippen molar-refractivity contribution >= 4 is 50.9 Å². The van der Waals surface area contributed by atoms with Crippen LogP contribution in [-0.4, -0.2) is 34.9 Å². The number of halogens is 3. The summed E-state index contributed by atoms with van der Waals surface area (Å²) in [5, 5.41) is 3.97. The molecular weight excluding hydrogens is 503 g/mol. The first-order valence-corrected chi connectivity index (χ1v) is 11.5. The molecule has 2 rings (SSSR count). The van der Waals surface area contributed by atoms with Gasteiger partial charge in [0.15, 0.2) is 6.61 Å².